The molecule has 3 nitrogen and oxygen atoms in total. The van der Waals surface area contributed by atoms with Crippen LogP contribution in [0.3, 0.4) is 0 Å². The number of halogens is 3. The quantitative estimate of drug-likeness (QED) is 0.828. The summed E-state index contributed by atoms with van der Waals surface area (Å²) >= 11 is 0. The van der Waals surface area contributed by atoms with E-state index in [9.17, 15) is 13.2 Å². The van der Waals surface area contributed by atoms with Gasteiger partial charge >= 0.3 is 6.18 Å². The molecule has 1 aliphatic rings. The molecule has 0 atom stereocenters. The molecule has 0 aliphatic carbocycles. The molecule has 0 radical (unpaired) electrons. The van der Waals surface area contributed by atoms with Gasteiger partial charge in [0.2, 0.25) is 0 Å². The van der Waals surface area contributed by atoms with Gasteiger partial charge in [-0.25, -0.2) is 0 Å². The molecule has 0 amide bonds. The van der Waals surface area contributed by atoms with Gasteiger partial charge in [0.05, 0.1) is 12.7 Å². The number of alkyl halides is 3. The molecule has 2 aromatic carbocycles. The molecule has 0 N–H and O–H groups in total. The Morgan fingerprint density at radius 2 is 1.64 bits per heavy atom. The maximum absolute atomic E-state index is 12.8. The van der Waals surface area contributed by atoms with E-state index >= 15 is 0 Å². The van der Waals surface area contributed by atoms with Crippen LogP contribution in [0.1, 0.15) is 11.1 Å². The lowest BCUT2D eigenvalue weighted by molar-refractivity contribution is -0.137. The Morgan fingerprint density at radius 3 is 2.24 bits per heavy atom. The van der Waals surface area contributed by atoms with Crippen molar-refractivity contribution in [1.29, 1.82) is 0 Å². The minimum absolute atomic E-state index is 0.542. The number of benzene rings is 2. The van der Waals surface area contributed by atoms with Gasteiger partial charge in [-0.15, -0.1) is 0 Å². The molecule has 25 heavy (non-hydrogen) atoms. The molecule has 0 saturated carbocycles. The second-order valence-electron chi connectivity index (χ2n) is 6.16. The van der Waals surface area contributed by atoms with Gasteiger partial charge in [-0.2, -0.15) is 13.2 Å². The number of hydrogen-bond acceptors (Lipinski definition) is 3. The summed E-state index contributed by atoms with van der Waals surface area (Å²) in [6.45, 7) is 3.89. The highest BCUT2D eigenvalue weighted by Gasteiger charge is 2.30. The van der Waals surface area contributed by atoms with Gasteiger partial charge in [0.15, 0.2) is 0 Å². The molecule has 2 aromatic rings. The van der Waals surface area contributed by atoms with E-state index in [1.54, 1.807) is 13.2 Å². The monoisotopic (exact) mass is 350 g/mol. The second kappa shape index (κ2) is 7.35. The van der Waals surface area contributed by atoms with Crippen LogP contribution in [-0.2, 0) is 12.7 Å². The SMILES string of the molecule is COc1ccc(N2CCN(Cc3cccc(C(F)(F)F)c3)CC2)cc1. The number of methoxy groups -OCH3 is 1. The maximum atomic E-state index is 12.8. The Kier molecular flexibility index (Phi) is 5.18. The summed E-state index contributed by atoms with van der Waals surface area (Å²) in [5, 5.41) is 0. The fourth-order valence-electron chi connectivity index (χ4n) is 3.06. The molecule has 0 spiro atoms. The normalized spacial score (nSPS) is 16.1. The highest BCUT2D eigenvalue weighted by atomic mass is 19.4. The van der Waals surface area contributed by atoms with Crippen LogP contribution in [0.15, 0.2) is 48.5 Å². The number of hydrogen-bond donors (Lipinski definition) is 0. The van der Waals surface area contributed by atoms with E-state index in [1.807, 2.05) is 24.3 Å². The molecule has 134 valence electrons. The van der Waals surface area contributed by atoms with Crippen molar-refractivity contribution in [3.05, 3.63) is 59.7 Å². The van der Waals surface area contributed by atoms with Gasteiger partial charge in [0, 0.05) is 38.4 Å². The summed E-state index contributed by atoms with van der Waals surface area (Å²) in [6, 6.07) is 13.5. The van der Waals surface area contributed by atoms with E-state index in [-0.39, 0.29) is 0 Å². The van der Waals surface area contributed by atoms with Gasteiger partial charge in [-0.3, -0.25) is 4.90 Å². The number of rotatable bonds is 4. The first kappa shape index (κ1) is 17.6. The predicted molar refractivity (Wildman–Crippen MR) is 91.9 cm³/mol. The van der Waals surface area contributed by atoms with Gasteiger partial charge in [-0.05, 0) is 35.9 Å². The van der Waals surface area contributed by atoms with Crippen LogP contribution in [0.5, 0.6) is 5.75 Å². The van der Waals surface area contributed by atoms with Crippen LogP contribution in [-0.4, -0.2) is 38.2 Å². The maximum Gasteiger partial charge on any atom is 0.416 e. The van der Waals surface area contributed by atoms with Gasteiger partial charge in [-0.1, -0.05) is 18.2 Å². The Labute approximate surface area is 145 Å². The van der Waals surface area contributed by atoms with Crippen LogP contribution >= 0.6 is 0 Å². The van der Waals surface area contributed by atoms with Gasteiger partial charge < -0.3 is 9.64 Å². The fourth-order valence-corrected chi connectivity index (χ4v) is 3.06. The molecule has 0 aromatic heterocycles. The minimum atomic E-state index is -4.29. The van der Waals surface area contributed by atoms with Crippen molar-refractivity contribution in [3.63, 3.8) is 0 Å². The molecule has 0 bridgehead atoms. The molecular weight excluding hydrogens is 329 g/mol. The van der Waals surface area contributed by atoms with E-state index in [0.717, 1.165) is 43.7 Å². The summed E-state index contributed by atoms with van der Waals surface area (Å²) in [5.41, 5.74) is 1.26. The summed E-state index contributed by atoms with van der Waals surface area (Å²) in [7, 11) is 1.64. The number of piperazine rings is 1. The topological polar surface area (TPSA) is 15.7 Å². The molecule has 1 heterocycles. The molecule has 6 heteroatoms. The Balaban J connectivity index is 1.57. The first-order chi connectivity index (χ1) is 12.0. The second-order valence-corrected chi connectivity index (χ2v) is 6.16. The summed E-state index contributed by atoms with van der Waals surface area (Å²) in [5.74, 6) is 0.826. The van der Waals surface area contributed by atoms with Crippen LogP contribution < -0.4 is 9.64 Å². The highest BCUT2D eigenvalue weighted by molar-refractivity contribution is 5.49. The highest BCUT2D eigenvalue weighted by Crippen LogP contribution is 2.30. The zero-order valence-electron chi connectivity index (χ0n) is 14.1. The Bertz CT molecular complexity index is 693. The fraction of sp³-hybridized carbons (Fsp3) is 0.368. The van der Waals surface area contributed by atoms with Crippen LogP contribution in [0, 0.1) is 0 Å². The smallest absolute Gasteiger partial charge is 0.416 e. The van der Waals surface area contributed by atoms with Gasteiger partial charge in [0.1, 0.15) is 5.75 Å². The lowest BCUT2D eigenvalue weighted by atomic mass is 10.1. The Hall–Kier alpha value is -2.21. The third-order valence-corrected chi connectivity index (χ3v) is 4.47. The van der Waals surface area contributed by atoms with Crippen molar-refractivity contribution in [3.8, 4) is 5.75 Å². The van der Waals surface area contributed by atoms with Crippen molar-refractivity contribution >= 4 is 5.69 Å². The first-order valence-electron chi connectivity index (χ1n) is 8.23. The lowest BCUT2D eigenvalue weighted by Gasteiger charge is -2.36. The van der Waals surface area contributed by atoms with E-state index in [2.05, 4.69) is 9.80 Å². The third kappa shape index (κ3) is 4.45. The first-order valence-corrected chi connectivity index (χ1v) is 8.23. The predicted octanol–water partition coefficient (Wildman–Crippen LogP) is 4.04. The molecule has 1 fully saturated rings. The van der Waals surface area contributed by atoms with Gasteiger partial charge in [0.25, 0.3) is 0 Å². The van der Waals surface area contributed by atoms with E-state index in [4.69, 9.17) is 4.74 Å². The molecule has 0 unspecified atom stereocenters. The van der Waals surface area contributed by atoms with E-state index in [0.29, 0.717) is 12.1 Å². The molecule has 1 aliphatic heterocycles. The molecule has 1 saturated heterocycles. The van der Waals surface area contributed by atoms with Crippen molar-refractivity contribution in [1.82, 2.24) is 4.90 Å². The lowest BCUT2D eigenvalue weighted by Crippen LogP contribution is -2.45. The van der Waals surface area contributed by atoms with Crippen LogP contribution in [0.2, 0.25) is 0 Å². The largest absolute Gasteiger partial charge is 0.497 e. The van der Waals surface area contributed by atoms with Crippen LogP contribution in [0.25, 0.3) is 0 Å². The standard InChI is InChI=1S/C19H21F3N2O/c1-25-18-7-5-17(6-8-18)24-11-9-23(10-12-24)14-15-3-2-4-16(13-15)19(20,21)22/h2-8,13H,9-12,14H2,1H3. The van der Waals surface area contributed by atoms with Crippen molar-refractivity contribution < 1.29 is 17.9 Å². The van der Waals surface area contributed by atoms with Crippen molar-refractivity contribution in [2.24, 2.45) is 0 Å². The number of anilines is 1. The number of ether oxygens (including phenoxy) is 1. The third-order valence-electron chi connectivity index (χ3n) is 4.47. The van der Waals surface area contributed by atoms with Crippen LogP contribution in [0.4, 0.5) is 18.9 Å². The van der Waals surface area contributed by atoms with E-state index in [1.165, 1.54) is 12.1 Å². The van der Waals surface area contributed by atoms with Crippen molar-refractivity contribution in [2.45, 2.75) is 12.7 Å². The number of nitrogens with zero attached hydrogens (tertiary/aromatic N) is 2. The zero-order valence-corrected chi connectivity index (χ0v) is 14.1. The summed E-state index contributed by atoms with van der Waals surface area (Å²) < 4.78 is 43.6. The summed E-state index contributed by atoms with van der Waals surface area (Å²) in [6.07, 6.45) is -4.29. The summed E-state index contributed by atoms with van der Waals surface area (Å²) in [4.78, 5) is 4.47. The average Bonchev–Trinajstić information content (AvgIpc) is 2.62. The minimum Gasteiger partial charge on any atom is -0.497 e. The Morgan fingerprint density at radius 1 is 0.960 bits per heavy atom. The molecular formula is C19H21F3N2O. The zero-order chi connectivity index (χ0) is 17.9. The average molecular weight is 350 g/mol. The molecule has 3 rings (SSSR count). The van der Waals surface area contributed by atoms with Crippen molar-refractivity contribution in [2.75, 3.05) is 38.2 Å². The van der Waals surface area contributed by atoms with E-state index < -0.39 is 11.7 Å².